The van der Waals surface area contributed by atoms with E-state index < -0.39 is 0 Å². The SMILES string of the molecule is CCCCOc1ccc(C#Cc2ccc(CCC(C)C)cc2)cc1. The molecule has 24 heavy (non-hydrogen) atoms. The van der Waals surface area contributed by atoms with E-state index in [1.807, 2.05) is 24.3 Å². The van der Waals surface area contributed by atoms with Gasteiger partial charge in [0.1, 0.15) is 5.75 Å². The van der Waals surface area contributed by atoms with E-state index in [2.05, 4.69) is 56.9 Å². The molecule has 0 bridgehead atoms. The van der Waals surface area contributed by atoms with Crippen molar-refractivity contribution in [2.45, 2.75) is 46.5 Å². The lowest BCUT2D eigenvalue weighted by Crippen LogP contribution is -1.95. The zero-order chi connectivity index (χ0) is 17.2. The van der Waals surface area contributed by atoms with Gasteiger partial charge >= 0.3 is 0 Å². The van der Waals surface area contributed by atoms with Crippen molar-refractivity contribution in [3.05, 3.63) is 65.2 Å². The van der Waals surface area contributed by atoms with E-state index in [0.29, 0.717) is 0 Å². The molecule has 0 radical (unpaired) electrons. The van der Waals surface area contributed by atoms with Crippen LogP contribution in [0.4, 0.5) is 0 Å². The molecule has 2 rings (SSSR count). The summed E-state index contributed by atoms with van der Waals surface area (Å²) in [5, 5.41) is 0. The summed E-state index contributed by atoms with van der Waals surface area (Å²) in [7, 11) is 0. The summed E-state index contributed by atoms with van der Waals surface area (Å²) < 4.78 is 5.67. The first-order valence-electron chi connectivity index (χ1n) is 9.01. The Bertz CT molecular complexity index is 654. The molecule has 2 aromatic carbocycles. The fourth-order valence-corrected chi connectivity index (χ4v) is 2.32. The number of hydrogen-bond donors (Lipinski definition) is 0. The van der Waals surface area contributed by atoms with Crippen molar-refractivity contribution in [1.29, 1.82) is 0 Å². The minimum atomic E-state index is 0.749. The third-order valence-corrected chi connectivity index (χ3v) is 3.94. The normalized spacial score (nSPS) is 10.3. The molecule has 0 spiro atoms. The van der Waals surface area contributed by atoms with Crippen LogP contribution in [0.5, 0.6) is 5.75 Å². The molecule has 0 aliphatic rings. The molecule has 1 nitrogen and oxygen atoms in total. The third-order valence-electron chi connectivity index (χ3n) is 3.94. The largest absolute Gasteiger partial charge is 0.494 e. The molecule has 0 N–H and O–H groups in total. The molecule has 0 heterocycles. The van der Waals surface area contributed by atoms with Crippen LogP contribution in [0.2, 0.25) is 0 Å². The third kappa shape index (κ3) is 6.50. The minimum absolute atomic E-state index is 0.749. The molecule has 0 aliphatic heterocycles. The Hall–Kier alpha value is -2.20. The van der Waals surface area contributed by atoms with Gasteiger partial charge in [-0.15, -0.1) is 0 Å². The zero-order valence-corrected chi connectivity index (χ0v) is 15.1. The van der Waals surface area contributed by atoms with Gasteiger partial charge in [-0.1, -0.05) is 51.2 Å². The van der Waals surface area contributed by atoms with Gasteiger partial charge in [0.2, 0.25) is 0 Å². The number of hydrogen-bond acceptors (Lipinski definition) is 1. The van der Waals surface area contributed by atoms with Crippen molar-refractivity contribution in [3.63, 3.8) is 0 Å². The highest BCUT2D eigenvalue weighted by molar-refractivity contribution is 5.44. The van der Waals surface area contributed by atoms with Crippen molar-refractivity contribution < 1.29 is 4.74 Å². The topological polar surface area (TPSA) is 9.23 Å². The van der Waals surface area contributed by atoms with Gasteiger partial charge in [0.05, 0.1) is 6.61 Å². The number of unbranched alkanes of at least 4 members (excludes halogenated alkanes) is 1. The average molecular weight is 320 g/mol. The van der Waals surface area contributed by atoms with Gasteiger partial charge in [0, 0.05) is 11.1 Å². The maximum Gasteiger partial charge on any atom is 0.119 e. The standard InChI is InChI=1S/C23H28O/c1-4-5-18-24-23-16-14-22(15-17-23)13-12-21-10-8-20(9-11-21)7-6-19(2)3/h8-11,14-17,19H,4-7,18H2,1-3H3. The molecule has 0 aliphatic carbocycles. The Kier molecular flexibility index (Phi) is 7.43. The van der Waals surface area contributed by atoms with Crippen LogP contribution in [0.3, 0.4) is 0 Å². The van der Waals surface area contributed by atoms with Crippen molar-refractivity contribution >= 4 is 0 Å². The molecule has 126 valence electrons. The number of rotatable bonds is 7. The maximum atomic E-state index is 5.67. The predicted molar refractivity (Wildman–Crippen MR) is 102 cm³/mol. The van der Waals surface area contributed by atoms with Gasteiger partial charge < -0.3 is 4.74 Å². The molecule has 0 saturated heterocycles. The highest BCUT2D eigenvalue weighted by atomic mass is 16.5. The smallest absolute Gasteiger partial charge is 0.119 e. The molecule has 0 unspecified atom stereocenters. The second kappa shape index (κ2) is 9.83. The Labute approximate surface area is 147 Å². The Morgan fingerprint density at radius 3 is 2.00 bits per heavy atom. The second-order valence-electron chi connectivity index (χ2n) is 6.61. The van der Waals surface area contributed by atoms with Gasteiger partial charge in [-0.25, -0.2) is 0 Å². The van der Waals surface area contributed by atoms with Crippen LogP contribution in [-0.2, 0) is 6.42 Å². The lowest BCUT2D eigenvalue weighted by molar-refractivity contribution is 0.309. The second-order valence-corrected chi connectivity index (χ2v) is 6.61. The highest BCUT2D eigenvalue weighted by Crippen LogP contribution is 2.13. The van der Waals surface area contributed by atoms with E-state index in [-0.39, 0.29) is 0 Å². The molecule has 0 amide bonds. The average Bonchev–Trinajstić information content (AvgIpc) is 2.60. The number of benzene rings is 2. The first-order valence-corrected chi connectivity index (χ1v) is 9.01. The zero-order valence-electron chi connectivity index (χ0n) is 15.1. The molecular formula is C23H28O. The summed E-state index contributed by atoms with van der Waals surface area (Å²) in [6, 6.07) is 16.6. The van der Waals surface area contributed by atoms with E-state index in [0.717, 1.165) is 48.7 Å². The van der Waals surface area contributed by atoms with Crippen LogP contribution < -0.4 is 4.74 Å². The van der Waals surface area contributed by atoms with Crippen molar-refractivity contribution in [2.24, 2.45) is 5.92 Å². The fourth-order valence-electron chi connectivity index (χ4n) is 2.32. The quantitative estimate of drug-likeness (QED) is 0.459. The van der Waals surface area contributed by atoms with Gasteiger partial charge in [0.25, 0.3) is 0 Å². The molecule has 0 fully saturated rings. The Balaban J connectivity index is 1.91. The van der Waals surface area contributed by atoms with Crippen LogP contribution in [0, 0.1) is 17.8 Å². The van der Waals surface area contributed by atoms with E-state index in [1.165, 1.54) is 12.0 Å². The van der Waals surface area contributed by atoms with E-state index in [1.54, 1.807) is 0 Å². The monoisotopic (exact) mass is 320 g/mol. The maximum absolute atomic E-state index is 5.67. The van der Waals surface area contributed by atoms with Gasteiger partial charge in [0.15, 0.2) is 0 Å². The molecule has 2 aromatic rings. The Morgan fingerprint density at radius 1 is 0.875 bits per heavy atom. The molecule has 0 aromatic heterocycles. The highest BCUT2D eigenvalue weighted by Gasteiger charge is 1.97. The first kappa shape index (κ1) is 18.1. The van der Waals surface area contributed by atoms with Crippen LogP contribution >= 0.6 is 0 Å². The van der Waals surface area contributed by atoms with E-state index >= 15 is 0 Å². The lowest BCUT2D eigenvalue weighted by atomic mass is 10.0. The lowest BCUT2D eigenvalue weighted by Gasteiger charge is -2.04. The van der Waals surface area contributed by atoms with Crippen LogP contribution in [0.25, 0.3) is 0 Å². The van der Waals surface area contributed by atoms with Crippen LogP contribution in [0.1, 0.15) is 56.7 Å². The van der Waals surface area contributed by atoms with E-state index in [4.69, 9.17) is 4.74 Å². The summed E-state index contributed by atoms with van der Waals surface area (Å²) >= 11 is 0. The summed E-state index contributed by atoms with van der Waals surface area (Å²) in [6.45, 7) is 7.48. The number of aryl methyl sites for hydroxylation is 1. The fraction of sp³-hybridized carbons (Fsp3) is 0.391. The minimum Gasteiger partial charge on any atom is -0.494 e. The van der Waals surface area contributed by atoms with Gasteiger partial charge in [-0.2, -0.15) is 0 Å². The molecule has 1 heteroatoms. The number of ether oxygens (including phenoxy) is 1. The van der Waals surface area contributed by atoms with Gasteiger partial charge in [-0.05, 0) is 67.1 Å². The predicted octanol–water partition coefficient (Wildman–Crippen LogP) is 5.85. The van der Waals surface area contributed by atoms with Crippen molar-refractivity contribution in [1.82, 2.24) is 0 Å². The molecular weight excluding hydrogens is 292 g/mol. The van der Waals surface area contributed by atoms with E-state index in [9.17, 15) is 0 Å². The van der Waals surface area contributed by atoms with Crippen LogP contribution in [0.15, 0.2) is 48.5 Å². The summed E-state index contributed by atoms with van der Waals surface area (Å²) in [5.41, 5.74) is 3.47. The van der Waals surface area contributed by atoms with Gasteiger partial charge in [-0.3, -0.25) is 0 Å². The summed E-state index contributed by atoms with van der Waals surface area (Å²) in [6.07, 6.45) is 4.62. The molecule has 0 saturated carbocycles. The summed E-state index contributed by atoms with van der Waals surface area (Å²) in [4.78, 5) is 0. The molecule has 0 atom stereocenters. The summed E-state index contributed by atoms with van der Waals surface area (Å²) in [5.74, 6) is 8.12. The van der Waals surface area contributed by atoms with Crippen molar-refractivity contribution in [2.75, 3.05) is 6.61 Å². The Morgan fingerprint density at radius 2 is 1.46 bits per heavy atom. The first-order chi connectivity index (χ1) is 11.7. The van der Waals surface area contributed by atoms with Crippen LogP contribution in [-0.4, -0.2) is 6.61 Å². The van der Waals surface area contributed by atoms with Crippen molar-refractivity contribution in [3.8, 4) is 17.6 Å².